The average molecular weight is 274 g/mol. The zero-order valence-electron chi connectivity index (χ0n) is 12.5. The van der Waals surface area contributed by atoms with Crippen molar-refractivity contribution in [3.63, 3.8) is 0 Å². The van der Waals surface area contributed by atoms with Gasteiger partial charge in [-0.25, -0.2) is 0 Å². The van der Waals surface area contributed by atoms with Gasteiger partial charge in [-0.05, 0) is 27.2 Å². The normalized spacial score (nSPS) is 38.4. The van der Waals surface area contributed by atoms with Crippen LogP contribution < -0.4 is 0 Å². The average Bonchev–Trinajstić information content (AvgIpc) is 2.82. The lowest BCUT2D eigenvalue weighted by Gasteiger charge is -2.28. The predicted octanol–water partition coefficient (Wildman–Crippen LogP) is 2.08. The summed E-state index contributed by atoms with van der Waals surface area (Å²) in [5.41, 5.74) is 0. The van der Waals surface area contributed by atoms with Gasteiger partial charge in [0.25, 0.3) is 0 Å². The van der Waals surface area contributed by atoms with E-state index in [2.05, 4.69) is 6.92 Å². The van der Waals surface area contributed by atoms with Crippen LogP contribution in [0.4, 0.5) is 0 Å². The Morgan fingerprint density at radius 1 is 1.26 bits per heavy atom. The second kappa shape index (κ2) is 6.06. The van der Waals surface area contributed by atoms with Gasteiger partial charge in [-0.2, -0.15) is 0 Å². The molecule has 19 heavy (non-hydrogen) atoms. The molecule has 5 nitrogen and oxygen atoms in total. The molecular weight excluding hydrogens is 248 g/mol. The van der Waals surface area contributed by atoms with E-state index in [1.807, 2.05) is 20.8 Å². The van der Waals surface area contributed by atoms with Crippen molar-refractivity contribution in [3.05, 3.63) is 0 Å². The van der Waals surface area contributed by atoms with E-state index in [1.165, 1.54) is 0 Å². The molecule has 0 bridgehead atoms. The van der Waals surface area contributed by atoms with Crippen molar-refractivity contribution in [2.45, 2.75) is 77.0 Å². The van der Waals surface area contributed by atoms with Gasteiger partial charge in [0, 0.05) is 13.7 Å². The molecule has 2 aliphatic rings. The number of unbranched alkanes of at least 4 members (excludes halogenated alkanes) is 1. The summed E-state index contributed by atoms with van der Waals surface area (Å²) in [6, 6.07) is 0. The minimum absolute atomic E-state index is 0.0486. The first-order chi connectivity index (χ1) is 8.98. The molecule has 2 aliphatic heterocycles. The highest BCUT2D eigenvalue weighted by Crippen LogP contribution is 2.39. The van der Waals surface area contributed by atoms with Gasteiger partial charge in [0.1, 0.15) is 18.3 Å². The van der Waals surface area contributed by atoms with E-state index in [0.29, 0.717) is 6.61 Å². The number of ether oxygens (including phenoxy) is 5. The first-order valence-electron chi connectivity index (χ1n) is 7.14. The van der Waals surface area contributed by atoms with Gasteiger partial charge < -0.3 is 23.7 Å². The van der Waals surface area contributed by atoms with Gasteiger partial charge in [0.15, 0.2) is 12.1 Å². The molecule has 2 saturated heterocycles. The summed E-state index contributed by atoms with van der Waals surface area (Å²) in [4.78, 5) is 0. The summed E-state index contributed by atoms with van der Waals surface area (Å²) >= 11 is 0. The third-order valence-electron chi connectivity index (χ3n) is 3.67. The molecule has 0 aromatic rings. The number of fused-ring (bicyclic) bond motifs is 1. The quantitative estimate of drug-likeness (QED) is 0.694. The van der Waals surface area contributed by atoms with Crippen molar-refractivity contribution in [1.82, 2.24) is 0 Å². The molecule has 0 aromatic carbocycles. The van der Waals surface area contributed by atoms with Crippen LogP contribution in [-0.2, 0) is 23.7 Å². The summed E-state index contributed by atoms with van der Waals surface area (Å²) in [6.07, 6.45) is 1.29. The Hall–Kier alpha value is -0.200. The number of rotatable bonds is 6. The van der Waals surface area contributed by atoms with E-state index < -0.39 is 5.79 Å². The molecule has 3 unspecified atom stereocenters. The monoisotopic (exact) mass is 274 g/mol. The molecule has 0 aliphatic carbocycles. The Kier molecular flexibility index (Phi) is 4.84. The van der Waals surface area contributed by atoms with Crippen molar-refractivity contribution in [2.75, 3.05) is 13.7 Å². The topological polar surface area (TPSA) is 46.2 Å². The van der Waals surface area contributed by atoms with Crippen molar-refractivity contribution in [3.8, 4) is 0 Å². The maximum atomic E-state index is 5.98. The zero-order chi connectivity index (χ0) is 14.0. The van der Waals surface area contributed by atoms with E-state index in [9.17, 15) is 0 Å². The summed E-state index contributed by atoms with van der Waals surface area (Å²) in [7, 11) is 1.68. The van der Waals surface area contributed by atoms with Gasteiger partial charge >= 0.3 is 0 Å². The molecule has 0 aromatic heterocycles. The molecule has 0 saturated carbocycles. The van der Waals surface area contributed by atoms with Crippen LogP contribution in [-0.4, -0.2) is 50.2 Å². The maximum absolute atomic E-state index is 5.98. The van der Waals surface area contributed by atoms with Crippen molar-refractivity contribution >= 4 is 0 Å². The minimum Gasteiger partial charge on any atom is -0.379 e. The van der Waals surface area contributed by atoms with Crippen LogP contribution in [0.5, 0.6) is 0 Å². The fraction of sp³-hybridized carbons (Fsp3) is 1.00. The van der Waals surface area contributed by atoms with E-state index >= 15 is 0 Å². The highest BCUT2D eigenvalue weighted by Gasteiger charge is 2.56. The van der Waals surface area contributed by atoms with Crippen LogP contribution in [0.3, 0.4) is 0 Å². The fourth-order valence-corrected chi connectivity index (χ4v) is 2.57. The van der Waals surface area contributed by atoms with Gasteiger partial charge in [-0.15, -0.1) is 0 Å². The predicted molar refractivity (Wildman–Crippen MR) is 69.8 cm³/mol. The van der Waals surface area contributed by atoms with Gasteiger partial charge in [0.2, 0.25) is 0 Å². The second-order valence-corrected chi connectivity index (χ2v) is 5.70. The van der Waals surface area contributed by atoms with Crippen LogP contribution >= 0.6 is 0 Å². The minimum atomic E-state index is -0.608. The summed E-state index contributed by atoms with van der Waals surface area (Å²) in [5, 5.41) is 0. The third-order valence-corrected chi connectivity index (χ3v) is 3.67. The van der Waals surface area contributed by atoms with Crippen LogP contribution in [0, 0.1) is 0 Å². The number of methoxy groups -OCH3 is 1. The van der Waals surface area contributed by atoms with Crippen molar-refractivity contribution < 1.29 is 23.7 Å². The first-order valence-corrected chi connectivity index (χ1v) is 7.14. The fourth-order valence-electron chi connectivity index (χ4n) is 2.57. The molecule has 5 atom stereocenters. The Bertz CT molecular complexity index is 294. The second-order valence-electron chi connectivity index (χ2n) is 5.70. The Balaban J connectivity index is 2.02. The Morgan fingerprint density at radius 2 is 2.00 bits per heavy atom. The largest absolute Gasteiger partial charge is 0.379 e. The van der Waals surface area contributed by atoms with Crippen LogP contribution in [0.25, 0.3) is 0 Å². The van der Waals surface area contributed by atoms with Crippen molar-refractivity contribution in [1.29, 1.82) is 0 Å². The van der Waals surface area contributed by atoms with Crippen LogP contribution in [0.1, 0.15) is 40.5 Å². The molecule has 2 fully saturated rings. The Labute approximate surface area is 115 Å². The number of hydrogen-bond acceptors (Lipinski definition) is 5. The Morgan fingerprint density at radius 3 is 2.63 bits per heavy atom. The lowest BCUT2D eigenvalue weighted by molar-refractivity contribution is -0.230. The summed E-state index contributed by atoms with van der Waals surface area (Å²) in [5.74, 6) is -0.608. The molecule has 2 heterocycles. The van der Waals surface area contributed by atoms with Gasteiger partial charge in [-0.1, -0.05) is 13.3 Å². The molecule has 0 amide bonds. The highest BCUT2D eigenvalue weighted by molar-refractivity contribution is 4.96. The lowest BCUT2D eigenvalue weighted by atomic mass is 10.1. The van der Waals surface area contributed by atoms with Crippen LogP contribution in [0.15, 0.2) is 0 Å². The molecule has 112 valence electrons. The van der Waals surface area contributed by atoms with E-state index in [1.54, 1.807) is 7.11 Å². The summed E-state index contributed by atoms with van der Waals surface area (Å²) in [6.45, 7) is 8.63. The standard InChI is InChI=1S/C14H26O5/c1-6-7-8-16-11-10(9(2)15-5)17-13-12(11)18-14(3,4)19-13/h9-13H,6-8H2,1-5H3/t9?,10-,11?,12?,13-/m1/s1. The van der Waals surface area contributed by atoms with E-state index in [0.717, 1.165) is 12.8 Å². The zero-order valence-corrected chi connectivity index (χ0v) is 12.5. The molecule has 0 N–H and O–H groups in total. The lowest BCUT2D eigenvalue weighted by Crippen LogP contribution is -2.42. The smallest absolute Gasteiger partial charge is 0.190 e. The van der Waals surface area contributed by atoms with E-state index in [-0.39, 0.29) is 30.7 Å². The molecule has 2 rings (SSSR count). The number of hydrogen-bond donors (Lipinski definition) is 0. The third kappa shape index (κ3) is 3.28. The first kappa shape index (κ1) is 15.2. The van der Waals surface area contributed by atoms with Gasteiger partial charge in [0.05, 0.1) is 6.10 Å². The maximum Gasteiger partial charge on any atom is 0.190 e. The highest BCUT2D eigenvalue weighted by atomic mass is 16.8. The van der Waals surface area contributed by atoms with Gasteiger partial charge in [-0.3, -0.25) is 0 Å². The SMILES string of the molecule is CCCCOC1C2OC(C)(C)O[C@H]2O[C@@H]1C(C)OC. The summed E-state index contributed by atoms with van der Waals surface area (Å²) < 4.78 is 28.9. The van der Waals surface area contributed by atoms with Crippen LogP contribution in [0.2, 0.25) is 0 Å². The van der Waals surface area contributed by atoms with E-state index in [4.69, 9.17) is 23.7 Å². The molecular formula is C14H26O5. The van der Waals surface area contributed by atoms with Crippen molar-refractivity contribution in [2.24, 2.45) is 0 Å². The molecule has 0 spiro atoms. The molecule has 0 radical (unpaired) electrons. The molecule has 5 heteroatoms.